The van der Waals surface area contributed by atoms with E-state index in [2.05, 4.69) is 9.97 Å². The van der Waals surface area contributed by atoms with Crippen LogP contribution in [0.15, 0.2) is 36.8 Å². The van der Waals surface area contributed by atoms with Crippen molar-refractivity contribution in [3.8, 4) is 11.8 Å². The Labute approximate surface area is 142 Å². The molecule has 1 amide bonds. The SMILES string of the molecule is COc1cc(N(CC#N)C(=O)c2cn3ccnc3c(C)n2)ccc1F. The van der Waals surface area contributed by atoms with Gasteiger partial charge in [0.2, 0.25) is 0 Å². The fourth-order valence-electron chi connectivity index (χ4n) is 2.50. The van der Waals surface area contributed by atoms with E-state index in [0.29, 0.717) is 17.0 Å². The van der Waals surface area contributed by atoms with Gasteiger partial charge in [0.05, 0.1) is 18.9 Å². The second kappa shape index (κ2) is 6.57. The highest BCUT2D eigenvalue weighted by Crippen LogP contribution is 2.25. The number of ether oxygens (including phenoxy) is 1. The number of nitriles is 1. The van der Waals surface area contributed by atoms with Crippen LogP contribution in [0.1, 0.15) is 16.2 Å². The maximum absolute atomic E-state index is 13.6. The Hall–Kier alpha value is -3.47. The highest BCUT2D eigenvalue weighted by Gasteiger charge is 2.21. The van der Waals surface area contributed by atoms with Crippen molar-refractivity contribution in [3.63, 3.8) is 0 Å². The lowest BCUT2D eigenvalue weighted by atomic mass is 10.2. The number of hydrogen-bond acceptors (Lipinski definition) is 5. The van der Waals surface area contributed by atoms with E-state index in [1.165, 1.54) is 30.2 Å². The summed E-state index contributed by atoms with van der Waals surface area (Å²) in [5, 5.41) is 9.08. The number of halogens is 1. The van der Waals surface area contributed by atoms with E-state index in [1.807, 2.05) is 6.07 Å². The number of carbonyl (C=O) groups excluding carboxylic acids is 1. The molecule has 0 spiro atoms. The number of aryl methyl sites for hydroxylation is 1. The summed E-state index contributed by atoms with van der Waals surface area (Å²) >= 11 is 0. The maximum Gasteiger partial charge on any atom is 0.279 e. The first kappa shape index (κ1) is 16.4. The highest BCUT2D eigenvalue weighted by atomic mass is 19.1. The van der Waals surface area contributed by atoms with Crippen LogP contribution in [0.5, 0.6) is 5.75 Å². The van der Waals surface area contributed by atoms with Gasteiger partial charge in [-0.05, 0) is 19.1 Å². The van der Waals surface area contributed by atoms with Crippen molar-refractivity contribution in [3.05, 3.63) is 54.0 Å². The lowest BCUT2D eigenvalue weighted by Gasteiger charge is -2.20. The standard InChI is InChI=1S/C17H14FN5O2/c1-11-16-20-6-8-22(16)10-14(21-11)17(24)23(7-5-19)12-3-4-13(18)15(9-12)25-2/h3-4,6,8-10H,7H2,1-2H3. The number of imidazole rings is 1. The van der Waals surface area contributed by atoms with Gasteiger partial charge >= 0.3 is 0 Å². The summed E-state index contributed by atoms with van der Waals surface area (Å²) in [5.41, 5.74) is 1.73. The van der Waals surface area contributed by atoms with Gasteiger partial charge in [0.15, 0.2) is 17.2 Å². The lowest BCUT2D eigenvalue weighted by molar-refractivity contribution is 0.0984. The molecule has 0 saturated carbocycles. The molecule has 3 aromatic rings. The van der Waals surface area contributed by atoms with E-state index in [9.17, 15) is 9.18 Å². The Morgan fingerprint density at radius 1 is 1.48 bits per heavy atom. The van der Waals surface area contributed by atoms with Crippen molar-refractivity contribution in [2.45, 2.75) is 6.92 Å². The van der Waals surface area contributed by atoms with Crippen molar-refractivity contribution in [1.82, 2.24) is 14.4 Å². The highest BCUT2D eigenvalue weighted by molar-refractivity contribution is 6.05. The monoisotopic (exact) mass is 339 g/mol. The molecule has 0 saturated heterocycles. The van der Waals surface area contributed by atoms with Crippen LogP contribution in [0.25, 0.3) is 5.65 Å². The minimum atomic E-state index is -0.551. The average Bonchev–Trinajstić information content (AvgIpc) is 3.09. The van der Waals surface area contributed by atoms with Gasteiger partial charge in [-0.25, -0.2) is 14.4 Å². The van der Waals surface area contributed by atoms with Crippen LogP contribution < -0.4 is 9.64 Å². The van der Waals surface area contributed by atoms with Crippen molar-refractivity contribution in [1.29, 1.82) is 5.26 Å². The zero-order valence-electron chi connectivity index (χ0n) is 13.6. The number of nitrogens with zero attached hydrogens (tertiary/aromatic N) is 5. The van der Waals surface area contributed by atoms with Crippen LogP contribution in [-0.2, 0) is 0 Å². The molecule has 0 atom stereocenters. The first-order valence-corrected chi connectivity index (χ1v) is 7.38. The summed E-state index contributed by atoms with van der Waals surface area (Å²) in [6.07, 6.45) is 4.86. The molecule has 0 aliphatic heterocycles. The summed E-state index contributed by atoms with van der Waals surface area (Å²) in [6.45, 7) is 1.53. The smallest absolute Gasteiger partial charge is 0.279 e. The number of rotatable bonds is 4. The summed E-state index contributed by atoms with van der Waals surface area (Å²) in [6, 6.07) is 5.90. The van der Waals surface area contributed by atoms with Gasteiger partial charge in [0, 0.05) is 30.3 Å². The third-order valence-electron chi connectivity index (χ3n) is 3.68. The topological polar surface area (TPSA) is 83.5 Å². The quantitative estimate of drug-likeness (QED) is 0.681. The summed E-state index contributed by atoms with van der Waals surface area (Å²) in [5.74, 6) is -1.04. The van der Waals surface area contributed by atoms with Crippen molar-refractivity contribution >= 4 is 17.2 Å². The molecular weight excluding hydrogens is 325 g/mol. The van der Waals surface area contributed by atoms with Gasteiger partial charge in [-0.2, -0.15) is 5.26 Å². The molecule has 3 rings (SSSR count). The number of amides is 1. The molecule has 2 aromatic heterocycles. The van der Waals surface area contributed by atoms with E-state index >= 15 is 0 Å². The van der Waals surface area contributed by atoms with Crippen molar-refractivity contribution in [2.75, 3.05) is 18.6 Å². The van der Waals surface area contributed by atoms with Crippen molar-refractivity contribution < 1.29 is 13.9 Å². The van der Waals surface area contributed by atoms with Crippen LogP contribution in [-0.4, -0.2) is 33.9 Å². The van der Waals surface area contributed by atoms with Crippen LogP contribution in [0.4, 0.5) is 10.1 Å². The molecule has 25 heavy (non-hydrogen) atoms. The molecule has 0 bridgehead atoms. The second-order valence-corrected chi connectivity index (χ2v) is 5.24. The predicted molar refractivity (Wildman–Crippen MR) is 88.0 cm³/mol. The molecule has 7 nitrogen and oxygen atoms in total. The Balaban J connectivity index is 2.04. The minimum Gasteiger partial charge on any atom is -0.494 e. The van der Waals surface area contributed by atoms with Gasteiger partial charge in [-0.1, -0.05) is 0 Å². The molecule has 2 heterocycles. The molecular formula is C17H14FN5O2. The average molecular weight is 339 g/mol. The predicted octanol–water partition coefficient (Wildman–Crippen LogP) is 2.36. The summed E-state index contributed by atoms with van der Waals surface area (Å²) < 4.78 is 20.2. The molecule has 0 aliphatic carbocycles. The van der Waals surface area contributed by atoms with Crippen LogP contribution in [0.2, 0.25) is 0 Å². The number of aromatic nitrogens is 3. The lowest BCUT2D eigenvalue weighted by Crippen LogP contribution is -2.32. The third kappa shape index (κ3) is 2.99. The molecule has 1 aromatic carbocycles. The van der Waals surface area contributed by atoms with E-state index in [0.717, 1.165) is 0 Å². The third-order valence-corrected chi connectivity index (χ3v) is 3.68. The molecule has 0 aliphatic rings. The molecule has 0 radical (unpaired) electrons. The van der Waals surface area contributed by atoms with Gasteiger partial charge in [-0.3, -0.25) is 9.69 Å². The van der Waals surface area contributed by atoms with Gasteiger partial charge < -0.3 is 9.14 Å². The molecule has 0 N–H and O–H groups in total. The molecule has 8 heteroatoms. The number of hydrogen-bond donors (Lipinski definition) is 0. The number of fused-ring (bicyclic) bond motifs is 1. The first-order chi connectivity index (χ1) is 12.0. The van der Waals surface area contributed by atoms with Crippen LogP contribution >= 0.6 is 0 Å². The van der Waals surface area contributed by atoms with E-state index in [-0.39, 0.29) is 18.0 Å². The normalized spacial score (nSPS) is 10.5. The van der Waals surface area contributed by atoms with E-state index in [1.54, 1.807) is 29.9 Å². The first-order valence-electron chi connectivity index (χ1n) is 7.38. The van der Waals surface area contributed by atoms with E-state index < -0.39 is 11.7 Å². The largest absolute Gasteiger partial charge is 0.494 e. The Bertz CT molecular complexity index is 992. The molecule has 0 fully saturated rings. The fraction of sp³-hybridized carbons (Fsp3) is 0.176. The Morgan fingerprint density at radius 3 is 3.00 bits per heavy atom. The van der Waals surface area contributed by atoms with Gasteiger partial charge in [0.25, 0.3) is 5.91 Å². The molecule has 126 valence electrons. The maximum atomic E-state index is 13.6. The minimum absolute atomic E-state index is 0.0116. The van der Waals surface area contributed by atoms with Crippen LogP contribution in [0, 0.1) is 24.1 Å². The van der Waals surface area contributed by atoms with Crippen molar-refractivity contribution in [2.24, 2.45) is 0 Å². The van der Waals surface area contributed by atoms with Gasteiger partial charge in [-0.15, -0.1) is 0 Å². The number of methoxy groups -OCH3 is 1. The second-order valence-electron chi connectivity index (χ2n) is 5.24. The van der Waals surface area contributed by atoms with Crippen LogP contribution in [0.3, 0.4) is 0 Å². The zero-order chi connectivity index (χ0) is 18.0. The Morgan fingerprint density at radius 2 is 2.28 bits per heavy atom. The van der Waals surface area contributed by atoms with Gasteiger partial charge in [0.1, 0.15) is 12.2 Å². The van der Waals surface area contributed by atoms with E-state index in [4.69, 9.17) is 10.00 Å². The Kier molecular flexibility index (Phi) is 4.31. The number of carbonyl (C=O) groups is 1. The number of anilines is 1. The fourth-order valence-corrected chi connectivity index (χ4v) is 2.50. The molecule has 0 unspecified atom stereocenters. The summed E-state index contributed by atoms with van der Waals surface area (Å²) in [7, 11) is 1.33. The summed E-state index contributed by atoms with van der Waals surface area (Å²) in [4.78, 5) is 22.5. The number of benzene rings is 1. The zero-order valence-corrected chi connectivity index (χ0v) is 13.6.